The first kappa shape index (κ1) is 19.9. The van der Waals surface area contributed by atoms with Crippen LogP contribution in [0.25, 0.3) is 0 Å². The van der Waals surface area contributed by atoms with Crippen LogP contribution in [-0.2, 0) is 14.8 Å². The van der Waals surface area contributed by atoms with Crippen molar-refractivity contribution in [2.24, 2.45) is 0 Å². The third kappa shape index (κ3) is 4.61. The fraction of sp³-hybridized carbons (Fsp3) is 0.235. The summed E-state index contributed by atoms with van der Waals surface area (Å²) in [7, 11) is -2.79. The average molecular weight is 386 g/mol. The van der Waals surface area contributed by atoms with Crippen LogP contribution < -0.4 is 5.32 Å². The second-order valence-electron chi connectivity index (χ2n) is 5.67. The largest absolute Gasteiger partial charge is 0.348 e. The predicted molar refractivity (Wildman–Crippen MR) is 89.1 cm³/mol. The van der Waals surface area contributed by atoms with E-state index in [0.29, 0.717) is 6.07 Å². The highest BCUT2D eigenvalue weighted by atomic mass is 32.2. The van der Waals surface area contributed by atoms with Crippen LogP contribution in [-0.4, -0.2) is 32.2 Å². The number of halogens is 3. The van der Waals surface area contributed by atoms with Crippen molar-refractivity contribution in [2.45, 2.75) is 17.9 Å². The lowest BCUT2D eigenvalue weighted by Gasteiger charge is -2.19. The summed E-state index contributed by atoms with van der Waals surface area (Å²) in [4.78, 5) is 11.9. The van der Waals surface area contributed by atoms with Gasteiger partial charge in [0.15, 0.2) is 0 Å². The highest BCUT2D eigenvalue weighted by Crippen LogP contribution is 2.18. The number of sulfonamides is 1. The van der Waals surface area contributed by atoms with Gasteiger partial charge in [-0.25, -0.2) is 21.6 Å². The summed E-state index contributed by atoms with van der Waals surface area (Å²) < 4.78 is 65.1. The van der Waals surface area contributed by atoms with Crippen LogP contribution in [0.3, 0.4) is 0 Å². The van der Waals surface area contributed by atoms with Crippen LogP contribution >= 0.6 is 0 Å². The Morgan fingerprint density at radius 1 is 1.08 bits per heavy atom. The Kier molecular flexibility index (Phi) is 6.04. The van der Waals surface area contributed by atoms with E-state index in [0.717, 1.165) is 34.6 Å². The topological polar surface area (TPSA) is 66.5 Å². The molecule has 26 heavy (non-hydrogen) atoms. The molecule has 0 spiro atoms. The zero-order valence-corrected chi connectivity index (χ0v) is 14.9. The summed E-state index contributed by atoms with van der Waals surface area (Å²) in [5.41, 5.74) is 0.0730. The third-order valence-electron chi connectivity index (χ3n) is 3.69. The van der Waals surface area contributed by atoms with Crippen molar-refractivity contribution in [3.05, 3.63) is 65.5 Å². The molecule has 0 saturated carbocycles. The molecular weight excluding hydrogens is 369 g/mol. The maximum Gasteiger partial charge on any atom is 0.243 e. The Bertz CT molecular complexity index is 902. The first-order valence-electron chi connectivity index (χ1n) is 7.57. The number of benzene rings is 2. The van der Waals surface area contributed by atoms with Crippen molar-refractivity contribution in [2.75, 3.05) is 13.6 Å². The number of hydrogen-bond donors (Lipinski definition) is 1. The number of nitrogens with zero attached hydrogens (tertiary/aromatic N) is 1. The molecule has 0 aliphatic rings. The van der Waals surface area contributed by atoms with Gasteiger partial charge in [-0.2, -0.15) is 4.31 Å². The Hall–Kier alpha value is -2.39. The smallest absolute Gasteiger partial charge is 0.243 e. The van der Waals surface area contributed by atoms with Crippen LogP contribution in [0.1, 0.15) is 18.5 Å². The molecule has 0 bridgehead atoms. The van der Waals surface area contributed by atoms with Gasteiger partial charge < -0.3 is 5.32 Å². The summed E-state index contributed by atoms with van der Waals surface area (Å²) in [6.45, 7) is 0.968. The van der Waals surface area contributed by atoms with Gasteiger partial charge in [0, 0.05) is 18.7 Å². The second kappa shape index (κ2) is 7.88. The number of likely N-dealkylation sites (N-methyl/N-ethyl adjacent to an activating group) is 1. The van der Waals surface area contributed by atoms with E-state index < -0.39 is 46.0 Å². The standard InChI is InChI=1S/C17H17F3N2O3S/c1-11(15-8-5-13(19)9-16(15)20)21-17(23)10-22(2)26(24,25)14-6-3-12(18)4-7-14/h3-9,11H,10H2,1-2H3,(H,21,23)/t11-/m0/s1. The molecule has 1 amide bonds. The highest BCUT2D eigenvalue weighted by Gasteiger charge is 2.24. The maximum atomic E-state index is 13.7. The van der Waals surface area contributed by atoms with Gasteiger partial charge in [-0.1, -0.05) is 6.07 Å². The fourth-order valence-electron chi connectivity index (χ4n) is 2.29. The summed E-state index contributed by atoms with van der Waals surface area (Å²) >= 11 is 0. The Labute approximate surface area is 149 Å². The lowest BCUT2D eigenvalue weighted by atomic mass is 10.1. The number of amides is 1. The minimum absolute atomic E-state index is 0.0730. The number of hydrogen-bond acceptors (Lipinski definition) is 3. The van der Waals surface area contributed by atoms with Gasteiger partial charge in [-0.15, -0.1) is 0 Å². The zero-order valence-electron chi connectivity index (χ0n) is 14.0. The van der Waals surface area contributed by atoms with Crippen LogP contribution in [0.2, 0.25) is 0 Å². The van der Waals surface area contributed by atoms with Crippen LogP contribution in [0.4, 0.5) is 13.2 Å². The van der Waals surface area contributed by atoms with Gasteiger partial charge in [0.25, 0.3) is 0 Å². The summed E-state index contributed by atoms with van der Waals surface area (Å²) in [6, 6.07) is 6.36. The molecule has 1 atom stereocenters. The molecule has 1 N–H and O–H groups in total. The number of rotatable bonds is 6. The molecule has 0 unspecified atom stereocenters. The first-order chi connectivity index (χ1) is 12.1. The van der Waals surface area contributed by atoms with E-state index in [-0.39, 0.29) is 10.5 Å². The van der Waals surface area contributed by atoms with E-state index in [4.69, 9.17) is 0 Å². The van der Waals surface area contributed by atoms with Crippen molar-refractivity contribution >= 4 is 15.9 Å². The van der Waals surface area contributed by atoms with E-state index >= 15 is 0 Å². The molecule has 0 heterocycles. The highest BCUT2D eigenvalue weighted by molar-refractivity contribution is 7.89. The molecule has 0 radical (unpaired) electrons. The summed E-state index contributed by atoms with van der Waals surface area (Å²) in [6.07, 6.45) is 0. The van der Waals surface area contributed by atoms with Gasteiger partial charge in [0.1, 0.15) is 17.5 Å². The number of nitrogens with one attached hydrogen (secondary N) is 1. The van der Waals surface area contributed by atoms with Crippen molar-refractivity contribution in [1.82, 2.24) is 9.62 Å². The van der Waals surface area contributed by atoms with E-state index in [1.54, 1.807) is 0 Å². The molecular formula is C17H17F3N2O3S. The first-order valence-corrected chi connectivity index (χ1v) is 9.01. The molecule has 2 rings (SSSR count). The van der Waals surface area contributed by atoms with Crippen molar-refractivity contribution in [3.63, 3.8) is 0 Å². The third-order valence-corrected chi connectivity index (χ3v) is 5.51. The average Bonchev–Trinajstić information content (AvgIpc) is 2.54. The molecule has 0 aliphatic carbocycles. The van der Waals surface area contributed by atoms with Gasteiger partial charge in [0.2, 0.25) is 15.9 Å². The van der Waals surface area contributed by atoms with E-state index in [1.807, 2.05) is 0 Å². The number of carbonyl (C=O) groups is 1. The van der Waals surface area contributed by atoms with E-state index in [1.165, 1.54) is 20.0 Å². The zero-order chi connectivity index (χ0) is 19.5. The predicted octanol–water partition coefficient (Wildman–Crippen LogP) is 2.60. The molecule has 5 nitrogen and oxygen atoms in total. The lowest BCUT2D eigenvalue weighted by molar-refractivity contribution is -0.121. The fourth-order valence-corrected chi connectivity index (χ4v) is 3.42. The van der Waals surface area contributed by atoms with E-state index in [2.05, 4.69) is 5.32 Å². The normalized spacial score (nSPS) is 12.8. The SMILES string of the molecule is C[C@H](NC(=O)CN(C)S(=O)(=O)c1ccc(F)cc1)c1ccc(F)cc1F. The van der Waals surface area contributed by atoms with Crippen molar-refractivity contribution in [3.8, 4) is 0 Å². The molecule has 0 fully saturated rings. The van der Waals surface area contributed by atoms with Gasteiger partial charge in [-0.05, 0) is 37.3 Å². The van der Waals surface area contributed by atoms with Crippen molar-refractivity contribution in [1.29, 1.82) is 0 Å². The van der Waals surface area contributed by atoms with Crippen LogP contribution in [0, 0.1) is 17.5 Å². The monoisotopic (exact) mass is 386 g/mol. The van der Waals surface area contributed by atoms with Gasteiger partial charge in [-0.3, -0.25) is 4.79 Å². The lowest BCUT2D eigenvalue weighted by Crippen LogP contribution is -2.39. The van der Waals surface area contributed by atoms with Crippen molar-refractivity contribution < 1.29 is 26.4 Å². The van der Waals surface area contributed by atoms with Crippen LogP contribution in [0.5, 0.6) is 0 Å². The van der Waals surface area contributed by atoms with Gasteiger partial charge >= 0.3 is 0 Å². The molecule has 2 aromatic rings. The van der Waals surface area contributed by atoms with Gasteiger partial charge in [0.05, 0.1) is 17.5 Å². The Balaban J connectivity index is 2.05. The summed E-state index contributed by atoms with van der Waals surface area (Å²) in [5, 5.41) is 2.45. The Morgan fingerprint density at radius 2 is 1.65 bits per heavy atom. The summed E-state index contributed by atoms with van der Waals surface area (Å²) in [5.74, 6) is -2.81. The number of carbonyl (C=O) groups excluding carboxylic acids is 1. The molecule has 140 valence electrons. The molecule has 0 aromatic heterocycles. The second-order valence-corrected chi connectivity index (χ2v) is 7.71. The molecule has 2 aromatic carbocycles. The van der Waals surface area contributed by atoms with Crippen LogP contribution in [0.15, 0.2) is 47.4 Å². The Morgan fingerprint density at radius 3 is 2.23 bits per heavy atom. The maximum absolute atomic E-state index is 13.7. The molecule has 9 heteroatoms. The molecule has 0 saturated heterocycles. The minimum Gasteiger partial charge on any atom is -0.348 e. The van der Waals surface area contributed by atoms with E-state index in [9.17, 15) is 26.4 Å². The minimum atomic E-state index is -3.98. The quantitative estimate of drug-likeness (QED) is 0.830. The molecule has 0 aliphatic heterocycles.